The normalized spacial score (nSPS) is 14.8. The van der Waals surface area contributed by atoms with Crippen molar-refractivity contribution in [3.05, 3.63) is 83.6 Å². The summed E-state index contributed by atoms with van der Waals surface area (Å²) in [4.78, 5) is 14.0. The summed E-state index contributed by atoms with van der Waals surface area (Å²) in [6.45, 7) is 7.92. The van der Waals surface area contributed by atoms with E-state index in [4.69, 9.17) is 4.98 Å². The van der Waals surface area contributed by atoms with Gasteiger partial charge in [0.05, 0.1) is 0 Å². The molecule has 2 heterocycles. The first-order chi connectivity index (χ1) is 13.8. The lowest BCUT2D eigenvalue weighted by molar-refractivity contribution is 0.249. The third kappa shape index (κ3) is 4.87. The molecule has 0 atom stereocenters. The lowest BCUT2D eigenvalue weighted by Crippen LogP contribution is -2.46. The van der Waals surface area contributed by atoms with Crippen LogP contribution in [-0.4, -0.2) is 41.0 Å². The summed E-state index contributed by atoms with van der Waals surface area (Å²) < 4.78 is 0. The SMILES string of the molecule is Cc1ccc(CNc2nccc(N3CCN(Cc4ccccc4)CC3)n2)cc1. The Morgan fingerprint density at radius 2 is 1.61 bits per heavy atom. The standard InChI is InChI=1S/C23H27N5/c1-19-7-9-20(10-8-19)17-25-23-24-12-11-22(26-23)28-15-13-27(14-16-28)18-21-5-3-2-4-6-21/h2-12H,13-18H2,1H3,(H,24,25,26). The van der Waals surface area contributed by atoms with Gasteiger partial charge >= 0.3 is 0 Å². The zero-order chi connectivity index (χ0) is 19.2. The van der Waals surface area contributed by atoms with Crippen molar-refractivity contribution in [1.29, 1.82) is 0 Å². The molecule has 5 heteroatoms. The summed E-state index contributed by atoms with van der Waals surface area (Å²) in [5.74, 6) is 1.69. The van der Waals surface area contributed by atoms with E-state index in [2.05, 4.69) is 81.6 Å². The Morgan fingerprint density at radius 1 is 0.857 bits per heavy atom. The Bertz CT molecular complexity index is 871. The van der Waals surface area contributed by atoms with Crippen LogP contribution >= 0.6 is 0 Å². The van der Waals surface area contributed by atoms with Gasteiger partial charge in [0.25, 0.3) is 0 Å². The number of hydrogen-bond donors (Lipinski definition) is 1. The summed E-state index contributed by atoms with van der Waals surface area (Å²) in [6, 6.07) is 21.2. The molecule has 144 valence electrons. The van der Waals surface area contributed by atoms with Crippen LogP contribution in [0.5, 0.6) is 0 Å². The fraction of sp³-hybridized carbons (Fsp3) is 0.304. The Labute approximate surface area is 167 Å². The fourth-order valence-electron chi connectivity index (χ4n) is 3.47. The van der Waals surface area contributed by atoms with Gasteiger partial charge in [0, 0.05) is 45.5 Å². The van der Waals surface area contributed by atoms with Gasteiger partial charge in [-0.3, -0.25) is 4.90 Å². The summed E-state index contributed by atoms with van der Waals surface area (Å²) in [7, 11) is 0. The van der Waals surface area contributed by atoms with Crippen molar-refractivity contribution in [2.75, 3.05) is 36.4 Å². The minimum atomic E-state index is 0.685. The Kier molecular flexibility index (Phi) is 5.83. The predicted octanol–water partition coefficient (Wildman–Crippen LogP) is 3.72. The van der Waals surface area contributed by atoms with Crippen LogP contribution in [0.25, 0.3) is 0 Å². The number of rotatable bonds is 6. The second-order valence-electron chi connectivity index (χ2n) is 7.33. The lowest BCUT2D eigenvalue weighted by atomic mass is 10.1. The topological polar surface area (TPSA) is 44.3 Å². The number of aromatic nitrogens is 2. The molecule has 1 aliphatic rings. The van der Waals surface area contributed by atoms with E-state index >= 15 is 0 Å². The molecule has 1 N–H and O–H groups in total. The van der Waals surface area contributed by atoms with E-state index in [1.165, 1.54) is 16.7 Å². The van der Waals surface area contributed by atoms with E-state index in [1.54, 1.807) is 0 Å². The molecule has 3 aromatic rings. The highest BCUT2D eigenvalue weighted by Crippen LogP contribution is 2.16. The van der Waals surface area contributed by atoms with Gasteiger partial charge in [0.15, 0.2) is 0 Å². The van der Waals surface area contributed by atoms with Crippen molar-refractivity contribution < 1.29 is 0 Å². The number of nitrogens with zero attached hydrogens (tertiary/aromatic N) is 4. The minimum Gasteiger partial charge on any atom is -0.354 e. The summed E-state index contributed by atoms with van der Waals surface area (Å²) in [5.41, 5.74) is 3.88. The minimum absolute atomic E-state index is 0.685. The molecule has 4 rings (SSSR count). The maximum absolute atomic E-state index is 4.72. The molecular formula is C23H27N5. The van der Waals surface area contributed by atoms with Crippen molar-refractivity contribution in [3.8, 4) is 0 Å². The first-order valence-electron chi connectivity index (χ1n) is 9.90. The molecule has 0 spiro atoms. The monoisotopic (exact) mass is 373 g/mol. The predicted molar refractivity (Wildman–Crippen MR) is 114 cm³/mol. The maximum Gasteiger partial charge on any atom is 0.224 e. The Hall–Kier alpha value is -2.92. The average molecular weight is 374 g/mol. The van der Waals surface area contributed by atoms with Gasteiger partial charge in [-0.15, -0.1) is 0 Å². The van der Waals surface area contributed by atoms with Crippen molar-refractivity contribution in [2.24, 2.45) is 0 Å². The molecule has 0 bridgehead atoms. The summed E-state index contributed by atoms with van der Waals surface area (Å²) >= 11 is 0. The number of benzene rings is 2. The number of hydrogen-bond acceptors (Lipinski definition) is 5. The molecule has 0 aliphatic carbocycles. The lowest BCUT2D eigenvalue weighted by Gasteiger charge is -2.35. The van der Waals surface area contributed by atoms with Crippen molar-refractivity contribution in [3.63, 3.8) is 0 Å². The zero-order valence-corrected chi connectivity index (χ0v) is 16.4. The van der Waals surface area contributed by atoms with E-state index in [0.717, 1.165) is 45.1 Å². The van der Waals surface area contributed by atoms with Crippen LogP contribution in [0.4, 0.5) is 11.8 Å². The van der Waals surface area contributed by atoms with Crippen LogP contribution in [0, 0.1) is 6.92 Å². The van der Waals surface area contributed by atoms with Gasteiger partial charge in [-0.05, 0) is 24.1 Å². The van der Waals surface area contributed by atoms with Crippen LogP contribution in [0.3, 0.4) is 0 Å². The van der Waals surface area contributed by atoms with Crippen LogP contribution in [0.15, 0.2) is 66.9 Å². The Morgan fingerprint density at radius 3 is 2.36 bits per heavy atom. The summed E-state index contributed by atoms with van der Waals surface area (Å²) in [5, 5.41) is 3.34. The first-order valence-corrected chi connectivity index (χ1v) is 9.90. The molecule has 28 heavy (non-hydrogen) atoms. The molecule has 2 aromatic carbocycles. The van der Waals surface area contributed by atoms with E-state index in [1.807, 2.05) is 12.3 Å². The van der Waals surface area contributed by atoms with Crippen molar-refractivity contribution in [1.82, 2.24) is 14.9 Å². The largest absolute Gasteiger partial charge is 0.354 e. The van der Waals surface area contributed by atoms with Gasteiger partial charge < -0.3 is 10.2 Å². The molecule has 0 unspecified atom stereocenters. The quantitative estimate of drug-likeness (QED) is 0.713. The van der Waals surface area contributed by atoms with E-state index in [9.17, 15) is 0 Å². The third-order valence-electron chi connectivity index (χ3n) is 5.16. The van der Waals surface area contributed by atoms with Gasteiger partial charge in [0.1, 0.15) is 5.82 Å². The molecule has 0 radical (unpaired) electrons. The second kappa shape index (κ2) is 8.85. The van der Waals surface area contributed by atoms with Gasteiger partial charge in [-0.2, -0.15) is 4.98 Å². The fourth-order valence-corrected chi connectivity index (χ4v) is 3.47. The molecular weight excluding hydrogens is 346 g/mol. The molecule has 1 saturated heterocycles. The van der Waals surface area contributed by atoms with Crippen LogP contribution < -0.4 is 10.2 Å². The number of aryl methyl sites for hydroxylation is 1. The molecule has 0 saturated carbocycles. The molecule has 1 aliphatic heterocycles. The van der Waals surface area contributed by atoms with E-state index in [-0.39, 0.29) is 0 Å². The third-order valence-corrected chi connectivity index (χ3v) is 5.16. The molecule has 1 aromatic heterocycles. The van der Waals surface area contributed by atoms with Gasteiger partial charge in [-0.25, -0.2) is 4.98 Å². The van der Waals surface area contributed by atoms with Crippen LogP contribution in [-0.2, 0) is 13.1 Å². The number of nitrogens with one attached hydrogen (secondary N) is 1. The number of anilines is 2. The van der Waals surface area contributed by atoms with E-state index in [0.29, 0.717) is 5.95 Å². The highest BCUT2D eigenvalue weighted by Gasteiger charge is 2.18. The molecule has 1 fully saturated rings. The van der Waals surface area contributed by atoms with Crippen LogP contribution in [0.2, 0.25) is 0 Å². The summed E-state index contributed by atoms with van der Waals surface area (Å²) in [6.07, 6.45) is 1.84. The maximum atomic E-state index is 4.72. The van der Waals surface area contributed by atoms with Crippen molar-refractivity contribution >= 4 is 11.8 Å². The smallest absolute Gasteiger partial charge is 0.224 e. The van der Waals surface area contributed by atoms with Crippen LogP contribution in [0.1, 0.15) is 16.7 Å². The highest BCUT2D eigenvalue weighted by atomic mass is 15.3. The van der Waals surface area contributed by atoms with Gasteiger partial charge in [0.2, 0.25) is 5.95 Å². The molecule has 5 nitrogen and oxygen atoms in total. The second-order valence-corrected chi connectivity index (χ2v) is 7.33. The van der Waals surface area contributed by atoms with Gasteiger partial charge in [-0.1, -0.05) is 60.2 Å². The first kappa shape index (κ1) is 18.4. The Balaban J connectivity index is 1.31. The average Bonchev–Trinajstić information content (AvgIpc) is 2.75. The number of piperazine rings is 1. The van der Waals surface area contributed by atoms with Crippen molar-refractivity contribution in [2.45, 2.75) is 20.0 Å². The zero-order valence-electron chi connectivity index (χ0n) is 16.4. The van der Waals surface area contributed by atoms with E-state index < -0.39 is 0 Å². The highest BCUT2D eigenvalue weighted by molar-refractivity contribution is 5.43. The molecule has 0 amide bonds.